The summed E-state index contributed by atoms with van der Waals surface area (Å²) in [5, 5.41) is 9.40. The number of ether oxygens (including phenoxy) is 1. The van der Waals surface area contributed by atoms with Gasteiger partial charge in [0.25, 0.3) is 0 Å². The van der Waals surface area contributed by atoms with Gasteiger partial charge in [0, 0.05) is 5.56 Å². The van der Waals surface area contributed by atoms with Gasteiger partial charge in [-0.25, -0.2) is 4.39 Å². The minimum atomic E-state index is -0.255. The van der Waals surface area contributed by atoms with Crippen LogP contribution in [0.4, 0.5) is 4.39 Å². The van der Waals surface area contributed by atoms with Gasteiger partial charge >= 0.3 is 0 Å². The van der Waals surface area contributed by atoms with E-state index in [0.29, 0.717) is 5.75 Å². The summed E-state index contributed by atoms with van der Waals surface area (Å²) in [7, 11) is 1.57. The van der Waals surface area contributed by atoms with Crippen molar-refractivity contribution < 1.29 is 14.2 Å². The molecule has 0 heterocycles. The Hall–Kier alpha value is -2.13. The van der Waals surface area contributed by atoms with E-state index in [4.69, 9.17) is 4.74 Å². The highest BCUT2D eigenvalue weighted by atomic mass is 19.1. The molecule has 0 bridgehead atoms. The number of rotatable bonds is 4. The molecular weight excluding hydrogens is 243 g/mol. The SMILES string of the molecule is COc1cccc(/C=C/c2ccc(F)cc2)c1CO. The van der Waals surface area contributed by atoms with Gasteiger partial charge in [-0.15, -0.1) is 0 Å². The van der Waals surface area contributed by atoms with Crippen LogP contribution in [0.5, 0.6) is 5.75 Å². The van der Waals surface area contributed by atoms with Crippen LogP contribution in [-0.2, 0) is 6.61 Å². The number of hydrogen-bond donors (Lipinski definition) is 1. The van der Waals surface area contributed by atoms with Gasteiger partial charge in [0.15, 0.2) is 0 Å². The van der Waals surface area contributed by atoms with E-state index in [0.717, 1.165) is 16.7 Å². The van der Waals surface area contributed by atoms with Crippen molar-refractivity contribution in [3.05, 3.63) is 65.0 Å². The maximum absolute atomic E-state index is 12.8. The summed E-state index contributed by atoms with van der Waals surface area (Å²) in [5.41, 5.74) is 2.52. The molecule has 0 spiro atoms. The molecule has 1 N–H and O–H groups in total. The normalized spacial score (nSPS) is 10.9. The summed E-state index contributed by atoms with van der Waals surface area (Å²) in [6.45, 7) is -0.0902. The molecule has 0 unspecified atom stereocenters. The molecule has 2 aromatic rings. The second-order valence-corrected chi connectivity index (χ2v) is 4.07. The smallest absolute Gasteiger partial charge is 0.124 e. The predicted octanol–water partition coefficient (Wildman–Crippen LogP) is 3.50. The molecule has 2 rings (SSSR count). The van der Waals surface area contributed by atoms with Crippen LogP contribution in [0.1, 0.15) is 16.7 Å². The minimum Gasteiger partial charge on any atom is -0.496 e. The molecule has 3 heteroatoms. The van der Waals surface area contributed by atoms with Crippen molar-refractivity contribution >= 4 is 12.2 Å². The Morgan fingerprint density at radius 3 is 2.47 bits per heavy atom. The molecule has 0 saturated carbocycles. The third-order valence-electron chi connectivity index (χ3n) is 2.87. The molecule has 19 heavy (non-hydrogen) atoms. The van der Waals surface area contributed by atoms with Crippen molar-refractivity contribution in [1.29, 1.82) is 0 Å². The largest absolute Gasteiger partial charge is 0.496 e. The Balaban J connectivity index is 2.30. The van der Waals surface area contributed by atoms with Crippen LogP contribution in [0.15, 0.2) is 42.5 Å². The zero-order valence-corrected chi connectivity index (χ0v) is 10.6. The summed E-state index contributed by atoms with van der Waals surface area (Å²) in [4.78, 5) is 0. The lowest BCUT2D eigenvalue weighted by molar-refractivity contribution is 0.273. The van der Waals surface area contributed by atoms with Gasteiger partial charge in [-0.3, -0.25) is 0 Å². The van der Waals surface area contributed by atoms with Crippen molar-refractivity contribution in [2.24, 2.45) is 0 Å². The summed E-state index contributed by atoms with van der Waals surface area (Å²) in [6, 6.07) is 11.8. The van der Waals surface area contributed by atoms with E-state index in [1.165, 1.54) is 12.1 Å². The van der Waals surface area contributed by atoms with E-state index in [1.54, 1.807) is 25.3 Å². The summed E-state index contributed by atoms with van der Waals surface area (Å²) >= 11 is 0. The number of benzene rings is 2. The quantitative estimate of drug-likeness (QED) is 0.850. The van der Waals surface area contributed by atoms with Gasteiger partial charge in [-0.2, -0.15) is 0 Å². The summed E-state index contributed by atoms with van der Waals surface area (Å²) in [5.74, 6) is 0.401. The number of halogens is 1. The first kappa shape index (κ1) is 13.3. The van der Waals surface area contributed by atoms with Crippen LogP contribution in [0.3, 0.4) is 0 Å². The van der Waals surface area contributed by atoms with E-state index >= 15 is 0 Å². The first-order valence-corrected chi connectivity index (χ1v) is 5.95. The van der Waals surface area contributed by atoms with Crippen LogP contribution in [0.2, 0.25) is 0 Å². The Kier molecular flexibility index (Phi) is 4.31. The lowest BCUT2D eigenvalue weighted by atomic mass is 10.1. The van der Waals surface area contributed by atoms with Gasteiger partial charge in [-0.05, 0) is 29.3 Å². The summed E-state index contributed by atoms with van der Waals surface area (Å²) < 4.78 is 18.0. The van der Waals surface area contributed by atoms with Crippen LogP contribution >= 0.6 is 0 Å². The molecule has 0 aromatic heterocycles. The van der Waals surface area contributed by atoms with Gasteiger partial charge in [-0.1, -0.05) is 36.4 Å². The van der Waals surface area contributed by atoms with E-state index in [1.807, 2.05) is 24.3 Å². The zero-order valence-electron chi connectivity index (χ0n) is 10.6. The van der Waals surface area contributed by atoms with Crippen LogP contribution in [0.25, 0.3) is 12.2 Å². The molecule has 0 radical (unpaired) electrons. The molecule has 0 aliphatic heterocycles. The lowest BCUT2D eigenvalue weighted by Gasteiger charge is -2.08. The first-order valence-electron chi connectivity index (χ1n) is 5.95. The second kappa shape index (κ2) is 6.16. The highest BCUT2D eigenvalue weighted by Gasteiger charge is 2.05. The van der Waals surface area contributed by atoms with E-state index < -0.39 is 0 Å². The van der Waals surface area contributed by atoms with Crippen LogP contribution < -0.4 is 4.74 Å². The average Bonchev–Trinajstić information content (AvgIpc) is 2.46. The van der Waals surface area contributed by atoms with Crippen LogP contribution in [0, 0.1) is 5.82 Å². The number of hydrogen-bond acceptors (Lipinski definition) is 2. The van der Waals surface area contributed by atoms with Gasteiger partial charge in [0.1, 0.15) is 11.6 Å². The lowest BCUT2D eigenvalue weighted by Crippen LogP contribution is -1.94. The molecule has 0 atom stereocenters. The van der Waals surface area contributed by atoms with E-state index in [9.17, 15) is 9.50 Å². The highest BCUT2D eigenvalue weighted by Crippen LogP contribution is 2.23. The van der Waals surface area contributed by atoms with E-state index in [-0.39, 0.29) is 12.4 Å². The minimum absolute atomic E-state index is 0.0902. The average molecular weight is 258 g/mol. The maximum Gasteiger partial charge on any atom is 0.124 e. The predicted molar refractivity (Wildman–Crippen MR) is 74.2 cm³/mol. The standard InChI is InChI=1S/C16H15FO2/c1-19-16-4-2-3-13(15(16)11-18)8-5-12-6-9-14(17)10-7-12/h2-10,18H,11H2,1H3/b8-5+. The molecule has 0 saturated heterocycles. The number of methoxy groups -OCH3 is 1. The fraction of sp³-hybridized carbons (Fsp3) is 0.125. The van der Waals surface area contributed by atoms with Crippen molar-refractivity contribution in [1.82, 2.24) is 0 Å². The Labute approximate surface area is 111 Å². The van der Waals surface area contributed by atoms with Gasteiger partial charge < -0.3 is 9.84 Å². The molecule has 0 amide bonds. The Bertz CT molecular complexity index is 574. The third-order valence-corrected chi connectivity index (χ3v) is 2.87. The van der Waals surface area contributed by atoms with E-state index in [2.05, 4.69) is 0 Å². The fourth-order valence-electron chi connectivity index (χ4n) is 1.86. The zero-order chi connectivity index (χ0) is 13.7. The fourth-order valence-corrected chi connectivity index (χ4v) is 1.86. The second-order valence-electron chi connectivity index (χ2n) is 4.07. The van der Waals surface area contributed by atoms with Crippen molar-refractivity contribution in [3.63, 3.8) is 0 Å². The Morgan fingerprint density at radius 2 is 1.84 bits per heavy atom. The molecule has 0 fully saturated rings. The van der Waals surface area contributed by atoms with Crippen molar-refractivity contribution in [2.75, 3.05) is 7.11 Å². The third kappa shape index (κ3) is 3.20. The molecule has 0 aliphatic rings. The molecule has 98 valence electrons. The molecular formula is C16H15FO2. The monoisotopic (exact) mass is 258 g/mol. The van der Waals surface area contributed by atoms with Crippen LogP contribution in [-0.4, -0.2) is 12.2 Å². The molecule has 2 aromatic carbocycles. The summed E-state index contributed by atoms with van der Waals surface area (Å²) in [6.07, 6.45) is 3.74. The first-order chi connectivity index (χ1) is 9.24. The molecule has 2 nitrogen and oxygen atoms in total. The van der Waals surface area contributed by atoms with Crippen molar-refractivity contribution in [3.8, 4) is 5.75 Å². The maximum atomic E-state index is 12.8. The highest BCUT2D eigenvalue weighted by molar-refractivity contribution is 5.72. The van der Waals surface area contributed by atoms with Gasteiger partial charge in [0.2, 0.25) is 0 Å². The molecule has 0 aliphatic carbocycles. The number of aliphatic hydroxyl groups excluding tert-OH is 1. The number of aliphatic hydroxyl groups is 1. The topological polar surface area (TPSA) is 29.5 Å². The Morgan fingerprint density at radius 1 is 1.11 bits per heavy atom. The van der Waals surface area contributed by atoms with Gasteiger partial charge in [0.05, 0.1) is 13.7 Å². The van der Waals surface area contributed by atoms with Crippen molar-refractivity contribution in [2.45, 2.75) is 6.61 Å².